The lowest BCUT2D eigenvalue weighted by Gasteiger charge is -2.41. The van der Waals surface area contributed by atoms with E-state index in [1.165, 1.54) is 56.8 Å². The largest absolute Gasteiger partial charge is 0.396 e. The van der Waals surface area contributed by atoms with Crippen LogP contribution in [0, 0.1) is 5.92 Å². The Hall–Kier alpha value is -0.550. The number of hydrogen-bond acceptors (Lipinski definition) is 4. The maximum Gasteiger partial charge on any atom is 0.0433 e. The molecule has 0 aromatic carbocycles. The summed E-state index contributed by atoms with van der Waals surface area (Å²) in [5, 5.41) is 9.09. The number of piperidine rings is 2. The smallest absolute Gasteiger partial charge is 0.0433 e. The van der Waals surface area contributed by atoms with E-state index in [4.69, 9.17) is 5.11 Å². The minimum atomic E-state index is 0.354. The normalized spacial score (nSPS) is 23.2. The lowest BCUT2D eigenvalue weighted by molar-refractivity contribution is 0.0911. The maximum atomic E-state index is 9.09. The molecule has 0 saturated carbocycles. The number of likely N-dealkylation sites (tertiary alicyclic amines) is 1. The highest BCUT2D eigenvalue weighted by Crippen LogP contribution is 2.30. The van der Waals surface area contributed by atoms with Crippen LogP contribution in [0.5, 0.6) is 0 Å². The molecule has 0 unspecified atom stereocenters. The number of rotatable bonds is 8. The van der Waals surface area contributed by atoms with E-state index in [1.807, 2.05) is 18.0 Å². The fraction of sp³-hybridized carbons (Fsp3) is 0.700. The van der Waals surface area contributed by atoms with Gasteiger partial charge in [-0.25, -0.2) is 4.31 Å². The monoisotopic (exact) mass is 350 g/mol. The van der Waals surface area contributed by atoms with Crippen molar-refractivity contribution in [2.24, 2.45) is 5.92 Å². The average Bonchev–Trinajstić information content (AvgIpc) is 2.61. The van der Waals surface area contributed by atoms with Gasteiger partial charge in [0.05, 0.1) is 0 Å². The Morgan fingerprint density at radius 2 is 1.88 bits per heavy atom. The van der Waals surface area contributed by atoms with Crippen molar-refractivity contribution in [2.45, 2.75) is 51.5 Å². The molecule has 2 rings (SSSR count). The molecule has 0 aliphatic carbocycles. The summed E-state index contributed by atoms with van der Waals surface area (Å²) in [6.45, 7) is 11.1. The zero-order valence-electron chi connectivity index (χ0n) is 15.2. The summed E-state index contributed by atoms with van der Waals surface area (Å²) in [4.78, 5) is 3.99. The van der Waals surface area contributed by atoms with E-state index in [1.54, 1.807) is 0 Å². The molecular weight excluding hydrogens is 316 g/mol. The second-order valence-electron chi connectivity index (χ2n) is 6.86. The Morgan fingerprint density at radius 3 is 2.46 bits per heavy atom. The molecule has 0 radical (unpaired) electrons. The molecule has 2 aliphatic rings. The van der Waals surface area contributed by atoms with Gasteiger partial charge in [0, 0.05) is 30.6 Å². The molecule has 1 N–H and O–H groups in total. The first kappa shape index (κ1) is 19.8. The summed E-state index contributed by atoms with van der Waals surface area (Å²) in [7, 11) is 0. The maximum absolute atomic E-state index is 9.09. The van der Waals surface area contributed by atoms with Crippen molar-refractivity contribution in [1.29, 1.82) is 0 Å². The van der Waals surface area contributed by atoms with Crippen molar-refractivity contribution in [2.75, 3.05) is 32.8 Å². The third-order valence-electron chi connectivity index (χ3n) is 5.16. The molecule has 0 amide bonds. The van der Waals surface area contributed by atoms with Crippen LogP contribution in [-0.4, -0.2) is 53.1 Å². The molecule has 0 aromatic rings. The van der Waals surface area contributed by atoms with Crippen LogP contribution in [0.25, 0.3) is 0 Å². The van der Waals surface area contributed by atoms with Gasteiger partial charge in [0.2, 0.25) is 0 Å². The first-order chi connectivity index (χ1) is 11.8. The van der Waals surface area contributed by atoms with Crippen molar-refractivity contribution >= 4 is 11.9 Å². The fourth-order valence-corrected chi connectivity index (χ4v) is 4.71. The van der Waals surface area contributed by atoms with Crippen LogP contribution in [0.2, 0.25) is 0 Å². The zero-order chi connectivity index (χ0) is 17.2. The van der Waals surface area contributed by atoms with E-state index in [-0.39, 0.29) is 0 Å². The van der Waals surface area contributed by atoms with Gasteiger partial charge in [0.25, 0.3) is 0 Å². The summed E-state index contributed by atoms with van der Waals surface area (Å²) in [6, 6.07) is 0.759. The lowest BCUT2D eigenvalue weighted by Crippen LogP contribution is -2.46. The van der Waals surface area contributed by atoms with Crippen LogP contribution < -0.4 is 0 Å². The second-order valence-corrected chi connectivity index (χ2v) is 8.03. The Bertz CT molecular complexity index is 419. The van der Waals surface area contributed by atoms with Crippen LogP contribution in [-0.2, 0) is 0 Å². The van der Waals surface area contributed by atoms with Crippen LogP contribution in [0.4, 0.5) is 0 Å². The molecule has 0 aromatic heterocycles. The Balaban J connectivity index is 1.74. The standard InChI is InChI=1S/C20H34N2OS/c1-3-5-7-20(6-4-2)24-22-15-10-19(11-16-22)21-13-8-18(9-14-21)12-17-23/h4-7,18-19,23H,2-3,8-17H2,1H3/b7-5-,20-6+. The highest BCUT2D eigenvalue weighted by atomic mass is 32.2. The molecule has 0 atom stereocenters. The van der Waals surface area contributed by atoms with Crippen LogP contribution >= 0.6 is 11.9 Å². The van der Waals surface area contributed by atoms with Crippen LogP contribution in [0.15, 0.2) is 35.8 Å². The van der Waals surface area contributed by atoms with E-state index in [0.717, 1.165) is 24.8 Å². The van der Waals surface area contributed by atoms with Crippen molar-refractivity contribution in [3.8, 4) is 0 Å². The molecule has 24 heavy (non-hydrogen) atoms. The minimum absolute atomic E-state index is 0.354. The molecule has 2 fully saturated rings. The molecule has 2 aliphatic heterocycles. The Morgan fingerprint density at radius 1 is 1.17 bits per heavy atom. The van der Waals surface area contributed by atoms with E-state index in [2.05, 4.69) is 40.9 Å². The Labute approximate surface area is 152 Å². The first-order valence-electron chi connectivity index (χ1n) is 9.53. The zero-order valence-corrected chi connectivity index (χ0v) is 16.0. The van der Waals surface area contributed by atoms with Gasteiger partial charge in [0.15, 0.2) is 0 Å². The minimum Gasteiger partial charge on any atom is -0.396 e. The number of aliphatic hydroxyl groups excluding tert-OH is 1. The summed E-state index contributed by atoms with van der Waals surface area (Å²) in [5.74, 6) is 0.749. The number of nitrogens with zero attached hydrogens (tertiary/aromatic N) is 2. The topological polar surface area (TPSA) is 26.7 Å². The fourth-order valence-electron chi connectivity index (χ4n) is 3.70. The molecule has 2 heterocycles. The molecule has 136 valence electrons. The van der Waals surface area contributed by atoms with Crippen molar-refractivity contribution in [3.05, 3.63) is 35.8 Å². The molecule has 4 heteroatoms. The van der Waals surface area contributed by atoms with Gasteiger partial charge in [-0.3, -0.25) is 0 Å². The van der Waals surface area contributed by atoms with Gasteiger partial charge >= 0.3 is 0 Å². The second kappa shape index (κ2) is 11.1. The number of allylic oxidation sites excluding steroid dienone is 4. The third-order valence-corrected chi connectivity index (χ3v) is 6.27. The highest BCUT2D eigenvalue weighted by Gasteiger charge is 2.28. The lowest BCUT2D eigenvalue weighted by atomic mass is 9.92. The summed E-state index contributed by atoms with van der Waals surface area (Å²) in [5.41, 5.74) is 0. The van der Waals surface area contributed by atoms with E-state index >= 15 is 0 Å². The summed E-state index contributed by atoms with van der Waals surface area (Å²) in [6.07, 6.45) is 15.6. The van der Waals surface area contributed by atoms with Gasteiger partial charge < -0.3 is 10.0 Å². The molecule has 0 spiro atoms. The van der Waals surface area contributed by atoms with E-state index in [9.17, 15) is 0 Å². The molecule has 2 saturated heterocycles. The van der Waals surface area contributed by atoms with Gasteiger partial charge in [-0.05, 0) is 75.6 Å². The predicted molar refractivity (Wildman–Crippen MR) is 106 cm³/mol. The first-order valence-corrected chi connectivity index (χ1v) is 10.3. The van der Waals surface area contributed by atoms with E-state index < -0.39 is 0 Å². The number of hydrogen-bond donors (Lipinski definition) is 1. The number of aliphatic hydroxyl groups is 1. The summed E-state index contributed by atoms with van der Waals surface area (Å²) >= 11 is 1.88. The van der Waals surface area contributed by atoms with Gasteiger partial charge in [-0.2, -0.15) is 0 Å². The van der Waals surface area contributed by atoms with Gasteiger partial charge in [0.1, 0.15) is 0 Å². The SMILES string of the molecule is C=C/C=C(\C=C/CC)SN1CCC(N2CCC(CCO)CC2)CC1. The molecule has 0 bridgehead atoms. The van der Waals surface area contributed by atoms with Gasteiger partial charge in [-0.15, -0.1) is 0 Å². The van der Waals surface area contributed by atoms with Crippen LogP contribution in [0.3, 0.4) is 0 Å². The molecular formula is C20H34N2OS. The van der Waals surface area contributed by atoms with E-state index in [0.29, 0.717) is 6.61 Å². The summed E-state index contributed by atoms with van der Waals surface area (Å²) < 4.78 is 2.50. The highest BCUT2D eigenvalue weighted by molar-refractivity contribution is 8.01. The van der Waals surface area contributed by atoms with Crippen molar-refractivity contribution < 1.29 is 5.11 Å². The predicted octanol–water partition coefficient (Wildman–Crippen LogP) is 4.23. The molecule has 3 nitrogen and oxygen atoms in total. The average molecular weight is 351 g/mol. The Kier molecular flexibility index (Phi) is 9.18. The van der Waals surface area contributed by atoms with Crippen molar-refractivity contribution in [1.82, 2.24) is 9.21 Å². The third kappa shape index (κ3) is 6.40. The van der Waals surface area contributed by atoms with Crippen molar-refractivity contribution in [3.63, 3.8) is 0 Å². The van der Waals surface area contributed by atoms with Gasteiger partial charge in [-0.1, -0.05) is 31.7 Å². The van der Waals surface area contributed by atoms with Crippen LogP contribution in [0.1, 0.15) is 45.4 Å². The quantitative estimate of drug-likeness (QED) is 0.523.